The monoisotopic (exact) mass is 320 g/mol. The molecule has 1 amide bonds. The first kappa shape index (κ1) is 17.3. The van der Waals surface area contributed by atoms with E-state index in [0.29, 0.717) is 35.4 Å². The smallest absolute Gasteiger partial charge is 0.220 e. The zero-order valence-electron chi connectivity index (χ0n) is 15.4. The van der Waals surface area contributed by atoms with Gasteiger partial charge < -0.3 is 10.6 Å². The van der Waals surface area contributed by atoms with E-state index in [1.165, 1.54) is 57.8 Å². The molecule has 0 aromatic rings. The molecule has 0 spiro atoms. The van der Waals surface area contributed by atoms with Crippen molar-refractivity contribution in [3.05, 3.63) is 0 Å². The summed E-state index contributed by atoms with van der Waals surface area (Å²) >= 11 is 0. The molecule has 2 aliphatic heterocycles. The summed E-state index contributed by atoms with van der Waals surface area (Å²) in [7, 11) is 0. The van der Waals surface area contributed by atoms with Crippen LogP contribution in [0.25, 0.3) is 0 Å². The van der Waals surface area contributed by atoms with Gasteiger partial charge in [-0.1, -0.05) is 27.2 Å². The molecule has 2 atom stereocenters. The normalized spacial score (nSPS) is 37.6. The van der Waals surface area contributed by atoms with Crippen LogP contribution in [0, 0.1) is 17.3 Å². The molecule has 3 fully saturated rings. The average Bonchev–Trinajstić information content (AvgIpc) is 2.86. The summed E-state index contributed by atoms with van der Waals surface area (Å²) in [6, 6.07) is 1.82. The minimum atomic E-state index is 0.314. The number of amides is 1. The third kappa shape index (κ3) is 4.29. The van der Waals surface area contributed by atoms with Crippen LogP contribution in [0.2, 0.25) is 0 Å². The fourth-order valence-corrected chi connectivity index (χ4v) is 5.20. The van der Waals surface area contributed by atoms with Gasteiger partial charge in [-0.2, -0.15) is 0 Å². The van der Waals surface area contributed by atoms with Gasteiger partial charge in [0.1, 0.15) is 0 Å². The molecular weight excluding hydrogens is 284 g/mol. The van der Waals surface area contributed by atoms with Crippen molar-refractivity contribution in [3.8, 4) is 0 Å². The quantitative estimate of drug-likeness (QED) is 0.803. The second-order valence-corrected chi connectivity index (χ2v) is 9.14. The maximum absolute atomic E-state index is 12.4. The van der Waals surface area contributed by atoms with E-state index >= 15 is 0 Å². The van der Waals surface area contributed by atoms with E-state index in [1.54, 1.807) is 0 Å². The first-order valence-corrected chi connectivity index (χ1v) is 10.0. The standard InChI is InChI=1S/C20H36N2O/c1-4-20(2,3)15-5-7-16(8-6-15)22-19(23)13-14-11-17-9-10-18(12-14)21-17/h14-18,21H,4-13H2,1-3H3,(H,22,23). The lowest BCUT2D eigenvalue weighted by Crippen LogP contribution is -2.42. The van der Waals surface area contributed by atoms with Gasteiger partial charge >= 0.3 is 0 Å². The number of hydrogen-bond donors (Lipinski definition) is 2. The maximum Gasteiger partial charge on any atom is 0.220 e. The largest absolute Gasteiger partial charge is 0.353 e. The Balaban J connectivity index is 1.39. The van der Waals surface area contributed by atoms with E-state index in [1.807, 2.05) is 0 Å². The lowest BCUT2D eigenvalue weighted by molar-refractivity contribution is -0.123. The molecular formula is C20H36N2O. The van der Waals surface area contributed by atoms with Crippen LogP contribution in [-0.4, -0.2) is 24.0 Å². The first-order chi connectivity index (χ1) is 11.0. The number of nitrogens with one attached hydrogen (secondary N) is 2. The fourth-order valence-electron chi connectivity index (χ4n) is 5.20. The molecule has 1 saturated carbocycles. The summed E-state index contributed by atoms with van der Waals surface area (Å²) in [5.74, 6) is 1.76. The van der Waals surface area contributed by atoms with Gasteiger partial charge in [0.2, 0.25) is 5.91 Å². The van der Waals surface area contributed by atoms with E-state index in [0.717, 1.165) is 12.3 Å². The summed E-state index contributed by atoms with van der Waals surface area (Å²) in [4.78, 5) is 12.4. The molecule has 23 heavy (non-hydrogen) atoms. The minimum absolute atomic E-state index is 0.314. The highest BCUT2D eigenvalue weighted by molar-refractivity contribution is 5.76. The highest BCUT2D eigenvalue weighted by atomic mass is 16.1. The lowest BCUT2D eigenvalue weighted by Gasteiger charge is -2.39. The van der Waals surface area contributed by atoms with E-state index in [9.17, 15) is 4.79 Å². The van der Waals surface area contributed by atoms with Gasteiger partial charge in [-0.25, -0.2) is 0 Å². The second kappa shape index (κ2) is 7.13. The predicted molar refractivity (Wildman–Crippen MR) is 95.2 cm³/mol. The van der Waals surface area contributed by atoms with Crippen molar-refractivity contribution in [2.45, 2.75) is 103 Å². The summed E-state index contributed by atoms with van der Waals surface area (Å²) in [5.41, 5.74) is 0.462. The topological polar surface area (TPSA) is 41.1 Å². The highest BCUT2D eigenvalue weighted by Crippen LogP contribution is 2.40. The maximum atomic E-state index is 12.4. The Labute approximate surface area is 142 Å². The molecule has 2 bridgehead atoms. The molecule has 3 rings (SSSR count). The molecule has 2 saturated heterocycles. The third-order valence-corrected chi connectivity index (χ3v) is 7.15. The van der Waals surface area contributed by atoms with Crippen LogP contribution in [0.5, 0.6) is 0 Å². The minimum Gasteiger partial charge on any atom is -0.353 e. The Bertz CT molecular complexity index is 400. The molecule has 0 aromatic carbocycles. The number of rotatable bonds is 5. The van der Waals surface area contributed by atoms with Crippen LogP contribution in [-0.2, 0) is 4.79 Å². The Morgan fingerprint density at radius 1 is 1.04 bits per heavy atom. The van der Waals surface area contributed by atoms with Crippen molar-refractivity contribution in [3.63, 3.8) is 0 Å². The van der Waals surface area contributed by atoms with Crippen molar-refractivity contribution in [2.24, 2.45) is 17.3 Å². The van der Waals surface area contributed by atoms with Crippen molar-refractivity contribution < 1.29 is 4.79 Å². The third-order valence-electron chi connectivity index (χ3n) is 7.15. The molecule has 0 radical (unpaired) electrons. The number of carbonyl (C=O) groups excluding carboxylic acids is 1. The van der Waals surface area contributed by atoms with Gasteiger partial charge in [-0.15, -0.1) is 0 Å². The van der Waals surface area contributed by atoms with Gasteiger partial charge in [0.05, 0.1) is 0 Å². The Kier molecular flexibility index (Phi) is 5.35. The van der Waals surface area contributed by atoms with Gasteiger partial charge in [-0.05, 0) is 68.6 Å². The zero-order valence-corrected chi connectivity index (χ0v) is 15.4. The molecule has 2 heterocycles. The molecule has 3 aliphatic rings. The van der Waals surface area contributed by atoms with Crippen LogP contribution >= 0.6 is 0 Å². The van der Waals surface area contributed by atoms with E-state index < -0.39 is 0 Å². The van der Waals surface area contributed by atoms with Crippen LogP contribution < -0.4 is 10.6 Å². The summed E-state index contributed by atoms with van der Waals surface area (Å²) in [5, 5.41) is 7.01. The van der Waals surface area contributed by atoms with Crippen LogP contribution in [0.3, 0.4) is 0 Å². The zero-order chi connectivity index (χ0) is 16.4. The number of fused-ring (bicyclic) bond motifs is 2. The molecule has 2 unspecified atom stereocenters. The van der Waals surface area contributed by atoms with Crippen LogP contribution in [0.4, 0.5) is 0 Å². The highest BCUT2D eigenvalue weighted by Gasteiger charge is 2.35. The summed E-state index contributed by atoms with van der Waals surface area (Å²) in [6.07, 6.45) is 12.0. The van der Waals surface area contributed by atoms with E-state index in [-0.39, 0.29) is 0 Å². The first-order valence-electron chi connectivity index (χ1n) is 10.0. The molecule has 3 heteroatoms. The Morgan fingerprint density at radius 3 is 2.22 bits per heavy atom. The van der Waals surface area contributed by atoms with Crippen molar-refractivity contribution >= 4 is 5.91 Å². The second-order valence-electron chi connectivity index (χ2n) is 9.14. The Morgan fingerprint density at radius 2 is 1.65 bits per heavy atom. The summed E-state index contributed by atoms with van der Waals surface area (Å²) < 4.78 is 0. The van der Waals surface area contributed by atoms with Gasteiger partial charge in [0.25, 0.3) is 0 Å². The number of piperidine rings is 1. The van der Waals surface area contributed by atoms with E-state index in [2.05, 4.69) is 31.4 Å². The van der Waals surface area contributed by atoms with Gasteiger partial charge in [-0.3, -0.25) is 4.79 Å². The van der Waals surface area contributed by atoms with Crippen molar-refractivity contribution in [1.82, 2.24) is 10.6 Å². The molecule has 2 N–H and O–H groups in total. The van der Waals surface area contributed by atoms with Gasteiger partial charge in [0.15, 0.2) is 0 Å². The lowest BCUT2D eigenvalue weighted by atomic mass is 9.69. The van der Waals surface area contributed by atoms with Crippen LogP contribution in [0.15, 0.2) is 0 Å². The van der Waals surface area contributed by atoms with Gasteiger partial charge in [0, 0.05) is 24.5 Å². The van der Waals surface area contributed by atoms with Crippen molar-refractivity contribution in [2.75, 3.05) is 0 Å². The molecule has 3 nitrogen and oxygen atoms in total. The SMILES string of the molecule is CCC(C)(C)C1CCC(NC(=O)CC2CC3CCC(C2)N3)CC1. The fraction of sp³-hybridized carbons (Fsp3) is 0.950. The van der Waals surface area contributed by atoms with E-state index in [4.69, 9.17) is 0 Å². The number of hydrogen-bond acceptors (Lipinski definition) is 2. The predicted octanol–water partition coefficient (Wildman–Crippen LogP) is 4.02. The molecule has 1 aliphatic carbocycles. The summed E-state index contributed by atoms with van der Waals surface area (Å²) in [6.45, 7) is 7.12. The molecule has 0 aromatic heterocycles. The molecule has 132 valence electrons. The average molecular weight is 321 g/mol. The number of carbonyl (C=O) groups is 1. The van der Waals surface area contributed by atoms with Crippen LogP contribution in [0.1, 0.15) is 85.0 Å². The van der Waals surface area contributed by atoms with Crippen molar-refractivity contribution in [1.29, 1.82) is 0 Å². The Hall–Kier alpha value is -0.570.